The molecule has 1 aliphatic rings. The van der Waals surface area contributed by atoms with Gasteiger partial charge in [0.15, 0.2) is 0 Å². The largest absolute Gasteiger partial charge is 0.475 e. The first kappa shape index (κ1) is 18.9. The number of aromatic nitrogens is 1. The van der Waals surface area contributed by atoms with E-state index in [0.717, 1.165) is 31.5 Å². The number of carbonyl (C=O) groups is 2. The predicted molar refractivity (Wildman–Crippen MR) is 104 cm³/mol. The minimum atomic E-state index is -0.302. The van der Waals surface area contributed by atoms with E-state index in [-0.39, 0.29) is 17.9 Å². The van der Waals surface area contributed by atoms with Crippen molar-refractivity contribution in [2.24, 2.45) is 0 Å². The lowest BCUT2D eigenvalue weighted by Crippen LogP contribution is -2.29. The van der Waals surface area contributed by atoms with Crippen molar-refractivity contribution in [3.8, 4) is 5.88 Å². The molecule has 2 heterocycles. The Bertz CT molecular complexity index is 825. The van der Waals surface area contributed by atoms with Crippen LogP contribution in [-0.4, -0.2) is 40.9 Å². The standard InChI is InChI=1S/C21H25N3O3/c1-14(2)27-18-10-9-16(13-22-18)20(25)23-19-15(3)7-6-8-17(19)21(26)24-11-4-5-12-24/h6-10,13-14H,4-5,11-12H2,1-3H3,(H,23,25). The third-order valence-corrected chi connectivity index (χ3v) is 4.49. The Kier molecular flexibility index (Phi) is 5.74. The topological polar surface area (TPSA) is 71.5 Å². The van der Waals surface area contributed by atoms with Crippen molar-refractivity contribution in [2.45, 2.75) is 39.7 Å². The molecule has 142 valence electrons. The van der Waals surface area contributed by atoms with Crippen molar-refractivity contribution in [3.63, 3.8) is 0 Å². The maximum atomic E-state index is 12.8. The van der Waals surface area contributed by atoms with Gasteiger partial charge in [0.25, 0.3) is 11.8 Å². The Morgan fingerprint density at radius 2 is 1.89 bits per heavy atom. The van der Waals surface area contributed by atoms with E-state index in [1.54, 1.807) is 18.2 Å². The molecule has 1 N–H and O–H groups in total. The summed E-state index contributed by atoms with van der Waals surface area (Å²) in [6.07, 6.45) is 3.54. The molecule has 6 nitrogen and oxygen atoms in total. The molecule has 1 aliphatic heterocycles. The molecule has 27 heavy (non-hydrogen) atoms. The van der Waals surface area contributed by atoms with Crippen LogP contribution in [0.5, 0.6) is 5.88 Å². The Labute approximate surface area is 159 Å². The number of carbonyl (C=O) groups excluding carboxylic acids is 2. The number of pyridine rings is 1. The van der Waals surface area contributed by atoms with E-state index in [1.165, 1.54) is 6.20 Å². The predicted octanol–water partition coefficient (Wildman–Crippen LogP) is 3.67. The van der Waals surface area contributed by atoms with Gasteiger partial charge >= 0.3 is 0 Å². The highest BCUT2D eigenvalue weighted by atomic mass is 16.5. The Balaban J connectivity index is 1.80. The highest BCUT2D eigenvalue weighted by Crippen LogP contribution is 2.24. The molecule has 2 amide bonds. The summed E-state index contributed by atoms with van der Waals surface area (Å²) in [6, 6.07) is 8.83. The van der Waals surface area contributed by atoms with E-state index >= 15 is 0 Å². The molecule has 0 radical (unpaired) electrons. The van der Waals surface area contributed by atoms with Crippen LogP contribution in [0.25, 0.3) is 0 Å². The molecular formula is C21H25N3O3. The number of benzene rings is 1. The second kappa shape index (κ2) is 8.20. The van der Waals surface area contributed by atoms with E-state index in [9.17, 15) is 9.59 Å². The summed E-state index contributed by atoms with van der Waals surface area (Å²) >= 11 is 0. The van der Waals surface area contributed by atoms with Crippen LogP contribution in [-0.2, 0) is 0 Å². The number of para-hydroxylation sites is 1. The summed E-state index contributed by atoms with van der Waals surface area (Å²) in [5, 5.41) is 2.89. The highest BCUT2D eigenvalue weighted by Gasteiger charge is 2.23. The number of aryl methyl sites for hydroxylation is 1. The minimum absolute atomic E-state index is 0.0169. The lowest BCUT2D eigenvalue weighted by atomic mass is 10.1. The van der Waals surface area contributed by atoms with E-state index in [2.05, 4.69) is 10.3 Å². The monoisotopic (exact) mass is 367 g/mol. The second-order valence-corrected chi connectivity index (χ2v) is 7.00. The Morgan fingerprint density at radius 3 is 2.52 bits per heavy atom. The molecule has 1 aromatic heterocycles. The van der Waals surface area contributed by atoms with Gasteiger partial charge in [0.05, 0.1) is 22.9 Å². The molecule has 6 heteroatoms. The number of amides is 2. The van der Waals surface area contributed by atoms with E-state index in [1.807, 2.05) is 37.8 Å². The number of nitrogens with zero attached hydrogens (tertiary/aromatic N) is 2. The van der Waals surface area contributed by atoms with Crippen LogP contribution in [0.1, 0.15) is 53.0 Å². The van der Waals surface area contributed by atoms with Crippen molar-refractivity contribution in [3.05, 3.63) is 53.2 Å². The number of anilines is 1. The van der Waals surface area contributed by atoms with Gasteiger partial charge in [-0.3, -0.25) is 9.59 Å². The molecule has 1 fully saturated rings. The quantitative estimate of drug-likeness (QED) is 0.875. The van der Waals surface area contributed by atoms with Crippen LogP contribution in [0.3, 0.4) is 0 Å². The molecule has 2 aromatic rings. The molecule has 0 unspecified atom stereocenters. The number of hydrogen-bond acceptors (Lipinski definition) is 4. The van der Waals surface area contributed by atoms with Crippen molar-refractivity contribution >= 4 is 17.5 Å². The zero-order valence-electron chi connectivity index (χ0n) is 16.0. The van der Waals surface area contributed by atoms with E-state index in [4.69, 9.17) is 4.74 Å². The Hall–Kier alpha value is -2.89. The molecule has 3 rings (SSSR count). The van der Waals surface area contributed by atoms with Gasteiger partial charge in [0, 0.05) is 25.4 Å². The number of hydrogen-bond donors (Lipinski definition) is 1. The summed E-state index contributed by atoms with van der Waals surface area (Å²) in [4.78, 5) is 31.5. The SMILES string of the molecule is Cc1cccc(C(=O)N2CCCC2)c1NC(=O)c1ccc(OC(C)C)nc1. The van der Waals surface area contributed by atoms with Crippen molar-refractivity contribution in [1.82, 2.24) is 9.88 Å². The lowest BCUT2D eigenvalue weighted by molar-refractivity contribution is 0.0793. The zero-order chi connectivity index (χ0) is 19.4. The minimum Gasteiger partial charge on any atom is -0.475 e. The first-order valence-electron chi connectivity index (χ1n) is 9.28. The van der Waals surface area contributed by atoms with Crippen LogP contribution < -0.4 is 10.1 Å². The van der Waals surface area contributed by atoms with Gasteiger partial charge in [-0.2, -0.15) is 0 Å². The summed E-state index contributed by atoms with van der Waals surface area (Å²) in [7, 11) is 0. The van der Waals surface area contributed by atoms with Crippen LogP contribution in [0.4, 0.5) is 5.69 Å². The summed E-state index contributed by atoms with van der Waals surface area (Å²) < 4.78 is 5.50. The third-order valence-electron chi connectivity index (χ3n) is 4.49. The lowest BCUT2D eigenvalue weighted by Gasteiger charge is -2.19. The van der Waals surface area contributed by atoms with Gasteiger partial charge in [-0.1, -0.05) is 12.1 Å². The van der Waals surface area contributed by atoms with Crippen molar-refractivity contribution < 1.29 is 14.3 Å². The van der Waals surface area contributed by atoms with Crippen LogP contribution >= 0.6 is 0 Å². The highest BCUT2D eigenvalue weighted by molar-refractivity contribution is 6.09. The smallest absolute Gasteiger partial charge is 0.257 e. The molecule has 1 saturated heterocycles. The number of ether oxygens (including phenoxy) is 1. The number of nitrogens with one attached hydrogen (secondary N) is 1. The third kappa shape index (κ3) is 4.45. The fraction of sp³-hybridized carbons (Fsp3) is 0.381. The molecule has 0 atom stereocenters. The van der Waals surface area contributed by atoms with Crippen LogP contribution in [0.15, 0.2) is 36.5 Å². The molecule has 1 aromatic carbocycles. The summed E-state index contributed by atoms with van der Waals surface area (Å²) in [5.41, 5.74) is 2.34. The Morgan fingerprint density at radius 1 is 1.15 bits per heavy atom. The van der Waals surface area contributed by atoms with Crippen molar-refractivity contribution in [2.75, 3.05) is 18.4 Å². The molecule has 0 spiro atoms. The number of likely N-dealkylation sites (tertiary alicyclic amines) is 1. The van der Waals surface area contributed by atoms with Gasteiger partial charge in [-0.05, 0) is 51.3 Å². The number of rotatable bonds is 5. The van der Waals surface area contributed by atoms with Gasteiger partial charge in [0.2, 0.25) is 5.88 Å². The zero-order valence-corrected chi connectivity index (χ0v) is 16.0. The van der Waals surface area contributed by atoms with Crippen LogP contribution in [0, 0.1) is 6.92 Å². The molecule has 0 saturated carbocycles. The average Bonchev–Trinajstić information content (AvgIpc) is 3.17. The maximum Gasteiger partial charge on any atom is 0.257 e. The first-order valence-corrected chi connectivity index (χ1v) is 9.28. The fourth-order valence-corrected chi connectivity index (χ4v) is 3.11. The van der Waals surface area contributed by atoms with Gasteiger partial charge in [-0.25, -0.2) is 4.98 Å². The van der Waals surface area contributed by atoms with Crippen LogP contribution in [0.2, 0.25) is 0 Å². The molecule has 0 bridgehead atoms. The van der Waals surface area contributed by atoms with E-state index in [0.29, 0.717) is 22.7 Å². The van der Waals surface area contributed by atoms with Gasteiger partial charge in [0.1, 0.15) is 0 Å². The summed E-state index contributed by atoms with van der Waals surface area (Å²) in [6.45, 7) is 7.25. The van der Waals surface area contributed by atoms with E-state index < -0.39 is 0 Å². The average molecular weight is 367 g/mol. The molecule has 0 aliphatic carbocycles. The first-order chi connectivity index (χ1) is 13.0. The normalized spacial score (nSPS) is 13.7. The molecular weight excluding hydrogens is 342 g/mol. The second-order valence-electron chi connectivity index (χ2n) is 7.00. The fourth-order valence-electron chi connectivity index (χ4n) is 3.11. The summed E-state index contributed by atoms with van der Waals surface area (Å²) in [5.74, 6) is 0.135. The maximum absolute atomic E-state index is 12.8. The van der Waals surface area contributed by atoms with Crippen molar-refractivity contribution in [1.29, 1.82) is 0 Å². The van der Waals surface area contributed by atoms with Gasteiger partial charge < -0.3 is 15.0 Å². The van der Waals surface area contributed by atoms with Gasteiger partial charge in [-0.15, -0.1) is 0 Å².